The first-order valence-electron chi connectivity index (χ1n) is 5.85. The Morgan fingerprint density at radius 1 is 1.35 bits per heavy atom. The molecule has 0 saturated carbocycles. The van der Waals surface area contributed by atoms with Gasteiger partial charge in [0.1, 0.15) is 11.8 Å². The van der Waals surface area contributed by atoms with Crippen LogP contribution in [0.2, 0.25) is 0 Å². The van der Waals surface area contributed by atoms with E-state index in [1.165, 1.54) is 7.11 Å². The minimum atomic E-state index is -3.90. The lowest BCUT2D eigenvalue weighted by atomic mass is 10.2. The molecule has 1 heterocycles. The van der Waals surface area contributed by atoms with Gasteiger partial charge in [-0.25, -0.2) is 0 Å². The lowest BCUT2D eigenvalue weighted by molar-refractivity contribution is -0.145. The van der Waals surface area contributed by atoms with Crippen LogP contribution in [0.4, 0.5) is 0 Å². The maximum atomic E-state index is 11.8. The predicted octanol–water partition coefficient (Wildman–Crippen LogP) is 0.314. The molecule has 8 heteroatoms. The zero-order valence-corrected chi connectivity index (χ0v) is 11.9. The third kappa shape index (κ3) is 2.92. The van der Waals surface area contributed by atoms with Gasteiger partial charge in [0, 0.05) is 6.54 Å². The molecule has 1 atom stereocenters. The Morgan fingerprint density at radius 2 is 2.00 bits per heavy atom. The molecule has 1 fully saturated rings. The smallest absolute Gasteiger partial charge is 0.339 e. The molecule has 0 amide bonds. The van der Waals surface area contributed by atoms with Crippen molar-refractivity contribution in [2.75, 3.05) is 20.8 Å². The third-order valence-corrected chi connectivity index (χ3v) is 4.37. The number of rotatable bonds is 4. The number of ether oxygens (including phenoxy) is 2. The van der Waals surface area contributed by atoms with Gasteiger partial charge in [0.15, 0.2) is 0 Å². The van der Waals surface area contributed by atoms with Crippen LogP contribution in [0.1, 0.15) is 5.56 Å². The molecule has 0 bridgehead atoms. The van der Waals surface area contributed by atoms with Gasteiger partial charge < -0.3 is 9.47 Å². The van der Waals surface area contributed by atoms with Gasteiger partial charge in [-0.15, -0.1) is 0 Å². The predicted molar refractivity (Wildman–Crippen MR) is 69.2 cm³/mol. The Labute approximate surface area is 117 Å². The second-order valence-corrected chi connectivity index (χ2v) is 5.73. The van der Waals surface area contributed by atoms with Crippen LogP contribution in [0.15, 0.2) is 24.3 Å². The number of hydrogen-bond donors (Lipinski definition) is 0. The molecule has 1 saturated heterocycles. The topological polar surface area (TPSA) is 82.1 Å². The Hall–Kier alpha value is -1.64. The summed E-state index contributed by atoms with van der Waals surface area (Å²) < 4.78 is 38.9. The van der Waals surface area contributed by atoms with Crippen LogP contribution in [0.25, 0.3) is 0 Å². The molecule has 2 rings (SSSR count). The summed E-state index contributed by atoms with van der Waals surface area (Å²) >= 11 is 0. The first-order chi connectivity index (χ1) is 9.47. The molecule has 1 aromatic carbocycles. The highest BCUT2D eigenvalue weighted by Crippen LogP contribution is 2.23. The van der Waals surface area contributed by atoms with Gasteiger partial charge in [0.25, 0.3) is 0 Å². The van der Waals surface area contributed by atoms with Crippen molar-refractivity contribution < 1.29 is 26.9 Å². The van der Waals surface area contributed by atoms with Gasteiger partial charge in [-0.2, -0.15) is 12.7 Å². The van der Waals surface area contributed by atoms with Crippen molar-refractivity contribution in [3.05, 3.63) is 29.8 Å². The van der Waals surface area contributed by atoms with Crippen molar-refractivity contribution in [2.24, 2.45) is 0 Å². The molecule has 0 aromatic heterocycles. The average molecular weight is 301 g/mol. The Kier molecular flexibility index (Phi) is 4.26. The van der Waals surface area contributed by atoms with Crippen LogP contribution in [0, 0.1) is 0 Å². The quantitative estimate of drug-likeness (QED) is 0.745. The number of hydrogen-bond acceptors (Lipinski definition) is 6. The monoisotopic (exact) mass is 301 g/mol. The highest BCUT2D eigenvalue weighted by molar-refractivity contribution is 7.84. The van der Waals surface area contributed by atoms with Crippen molar-refractivity contribution in [2.45, 2.75) is 12.6 Å². The summed E-state index contributed by atoms with van der Waals surface area (Å²) in [6.45, 7) is -0.197. The lowest BCUT2D eigenvalue weighted by Gasteiger charge is -2.18. The fraction of sp³-hybridized carbons (Fsp3) is 0.417. The van der Waals surface area contributed by atoms with E-state index in [-0.39, 0.29) is 13.2 Å². The number of benzene rings is 1. The van der Waals surface area contributed by atoms with Gasteiger partial charge >= 0.3 is 16.3 Å². The number of carbonyl (C=O) groups excluding carboxylic acids is 1. The third-order valence-electron chi connectivity index (χ3n) is 2.98. The molecule has 20 heavy (non-hydrogen) atoms. The summed E-state index contributed by atoms with van der Waals surface area (Å²) in [5.41, 5.74) is 0.716. The standard InChI is InChI=1S/C12H15NO6S/c1-17-10-5-3-9(4-6-10)7-13-11(12(14)18-2)8-19-20(13,15)16/h3-6,11H,7-8H2,1-2H3/t11-/m1/s1. The molecule has 0 unspecified atom stereocenters. The maximum Gasteiger partial charge on any atom is 0.339 e. The summed E-state index contributed by atoms with van der Waals surface area (Å²) in [5, 5.41) is 0. The van der Waals surface area contributed by atoms with E-state index in [2.05, 4.69) is 8.92 Å². The average Bonchev–Trinajstić information content (AvgIpc) is 2.74. The normalized spacial score (nSPS) is 21.6. The highest BCUT2D eigenvalue weighted by atomic mass is 32.2. The molecule has 0 N–H and O–H groups in total. The zero-order chi connectivity index (χ0) is 14.8. The Bertz CT molecular complexity index is 582. The van der Waals surface area contributed by atoms with E-state index < -0.39 is 22.3 Å². The Balaban J connectivity index is 2.21. The van der Waals surface area contributed by atoms with Crippen LogP contribution in [-0.4, -0.2) is 45.6 Å². The number of esters is 1. The van der Waals surface area contributed by atoms with Crippen molar-refractivity contribution in [1.82, 2.24) is 4.31 Å². The summed E-state index contributed by atoms with van der Waals surface area (Å²) in [7, 11) is -1.15. The van der Waals surface area contributed by atoms with Crippen LogP contribution in [0.5, 0.6) is 5.75 Å². The summed E-state index contributed by atoms with van der Waals surface area (Å²) in [6.07, 6.45) is 0. The second-order valence-electron chi connectivity index (χ2n) is 4.17. The van der Waals surface area contributed by atoms with E-state index in [0.717, 1.165) is 4.31 Å². The van der Waals surface area contributed by atoms with Crippen LogP contribution < -0.4 is 4.74 Å². The fourth-order valence-corrected chi connectivity index (χ4v) is 3.08. The number of methoxy groups -OCH3 is 2. The van der Waals surface area contributed by atoms with Gasteiger partial charge in [0.05, 0.1) is 20.8 Å². The number of carbonyl (C=O) groups is 1. The highest BCUT2D eigenvalue weighted by Gasteiger charge is 2.43. The SMILES string of the molecule is COC(=O)[C@H]1COS(=O)(=O)N1Cc1ccc(OC)cc1. The molecule has 7 nitrogen and oxygen atoms in total. The van der Waals surface area contributed by atoms with Crippen molar-refractivity contribution >= 4 is 16.3 Å². The minimum Gasteiger partial charge on any atom is -0.497 e. The van der Waals surface area contributed by atoms with E-state index in [1.54, 1.807) is 31.4 Å². The zero-order valence-electron chi connectivity index (χ0n) is 11.1. The van der Waals surface area contributed by atoms with Gasteiger partial charge in [-0.1, -0.05) is 12.1 Å². The second kappa shape index (κ2) is 5.78. The van der Waals surface area contributed by atoms with Crippen molar-refractivity contribution in [1.29, 1.82) is 0 Å². The van der Waals surface area contributed by atoms with E-state index in [9.17, 15) is 13.2 Å². The molecule has 1 aromatic rings. The fourth-order valence-electron chi connectivity index (χ4n) is 1.88. The molecular weight excluding hydrogens is 286 g/mol. The van der Waals surface area contributed by atoms with Crippen LogP contribution in [0.3, 0.4) is 0 Å². The summed E-state index contributed by atoms with van der Waals surface area (Å²) in [5.74, 6) is 0.0263. The minimum absolute atomic E-state index is 0.0338. The van der Waals surface area contributed by atoms with Crippen molar-refractivity contribution in [3.8, 4) is 5.75 Å². The molecule has 1 aliphatic heterocycles. The molecule has 1 aliphatic rings. The molecule has 0 radical (unpaired) electrons. The largest absolute Gasteiger partial charge is 0.497 e. The van der Waals surface area contributed by atoms with E-state index in [1.807, 2.05) is 0 Å². The van der Waals surface area contributed by atoms with E-state index in [0.29, 0.717) is 11.3 Å². The van der Waals surface area contributed by atoms with Gasteiger partial charge in [0.2, 0.25) is 0 Å². The summed E-state index contributed by atoms with van der Waals surface area (Å²) in [6, 6.07) is 5.92. The van der Waals surface area contributed by atoms with E-state index >= 15 is 0 Å². The number of nitrogens with zero attached hydrogens (tertiary/aromatic N) is 1. The van der Waals surface area contributed by atoms with Crippen LogP contribution in [-0.2, 0) is 30.6 Å². The van der Waals surface area contributed by atoms with Crippen LogP contribution >= 0.6 is 0 Å². The first kappa shape index (κ1) is 14.8. The Morgan fingerprint density at radius 3 is 2.55 bits per heavy atom. The molecular formula is C12H15NO6S. The van der Waals surface area contributed by atoms with Gasteiger partial charge in [-0.05, 0) is 17.7 Å². The first-order valence-corrected chi connectivity index (χ1v) is 7.21. The van der Waals surface area contributed by atoms with Crippen molar-refractivity contribution in [3.63, 3.8) is 0 Å². The van der Waals surface area contributed by atoms with E-state index in [4.69, 9.17) is 4.74 Å². The molecule has 0 spiro atoms. The lowest BCUT2D eigenvalue weighted by Crippen LogP contribution is -2.39. The van der Waals surface area contributed by atoms with Gasteiger partial charge in [-0.3, -0.25) is 8.98 Å². The molecule has 0 aliphatic carbocycles. The maximum absolute atomic E-state index is 11.8. The molecule has 110 valence electrons. The summed E-state index contributed by atoms with van der Waals surface area (Å²) in [4.78, 5) is 11.6.